The van der Waals surface area contributed by atoms with Crippen LogP contribution in [0.25, 0.3) is 22.4 Å². The molecule has 0 N–H and O–H groups in total. The summed E-state index contributed by atoms with van der Waals surface area (Å²) in [4.78, 5) is 45.7. The topological polar surface area (TPSA) is 89.7 Å². The molecular formula is C22H25N5O4. The highest BCUT2D eigenvalue weighted by Gasteiger charge is 2.26. The third-order valence-corrected chi connectivity index (χ3v) is 5.47. The first-order chi connectivity index (χ1) is 15.0. The second kappa shape index (κ2) is 8.63. The van der Waals surface area contributed by atoms with Crippen molar-refractivity contribution in [2.45, 2.75) is 13.5 Å². The number of imidazole rings is 1. The molecule has 4 rings (SSSR count). The van der Waals surface area contributed by atoms with Gasteiger partial charge in [-0.05, 0) is 31.2 Å². The molecule has 2 aromatic heterocycles. The van der Waals surface area contributed by atoms with E-state index in [0.717, 1.165) is 11.0 Å². The fourth-order valence-electron chi connectivity index (χ4n) is 3.80. The van der Waals surface area contributed by atoms with Crippen LogP contribution in [0.1, 0.15) is 6.92 Å². The normalized spacial score (nSPS) is 14.1. The van der Waals surface area contributed by atoms with E-state index < -0.39 is 0 Å². The van der Waals surface area contributed by atoms with Gasteiger partial charge in [-0.3, -0.25) is 9.59 Å². The number of hydrogen-bond acceptors (Lipinski definition) is 5. The lowest BCUT2D eigenvalue weighted by molar-refractivity contribution is -0.133. The number of benzene rings is 1. The van der Waals surface area contributed by atoms with Crippen molar-refractivity contribution in [1.82, 2.24) is 23.9 Å². The Morgan fingerprint density at radius 3 is 2.48 bits per heavy atom. The van der Waals surface area contributed by atoms with Crippen LogP contribution in [0.4, 0.5) is 4.79 Å². The standard InChI is InChI=1S/C22H25N5O4/c1-3-31-22(30)26-13-11-25(12-14-26)19(28)15-27-18-9-5-4-8-17(18)23-20(27)16-7-6-10-24(2)21(16)29/h4-10H,3,11-15H2,1-2H3. The number of hydrogen-bond donors (Lipinski definition) is 0. The summed E-state index contributed by atoms with van der Waals surface area (Å²) >= 11 is 0. The second-order valence-electron chi connectivity index (χ2n) is 7.41. The minimum Gasteiger partial charge on any atom is -0.450 e. The second-order valence-corrected chi connectivity index (χ2v) is 7.41. The number of amides is 2. The van der Waals surface area contributed by atoms with E-state index in [1.165, 1.54) is 4.57 Å². The van der Waals surface area contributed by atoms with Gasteiger partial charge in [-0.1, -0.05) is 12.1 Å². The van der Waals surface area contributed by atoms with Crippen molar-refractivity contribution in [3.05, 3.63) is 52.9 Å². The number of rotatable bonds is 4. The summed E-state index contributed by atoms with van der Waals surface area (Å²) in [6.07, 6.45) is 1.34. The Labute approximate surface area is 179 Å². The van der Waals surface area contributed by atoms with Crippen molar-refractivity contribution in [1.29, 1.82) is 0 Å². The smallest absolute Gasteiger partial charge is 0.409 e. The van der Waals surface area contributed by atoms with Crippen molar-refractivity contribution in [3.8, 4) is 11.4 Å². The van der Waals surface area contributed by atoms with Gasteiger partial charge in [0, 0.05) is 39.4 Å². The molecule has 9 heteroatoms. The Morgan fingerprint density at radius 2 is 1.74 bits per heavy atom. The van der Waals surface area contributed by atoms with Gasteiger partial charge in [0.25, 0.3) is 5.56 Å². The predicted molar refractivity (Wildman–Crippen MR) is 116 cm³/mol. The SMILES string of the molecule is CCOC(=O)N1CCN(C(=O)Cn2c(-c3cccn(C)c3=O)nc3ccccc32)CC1. The fourth-order valence-corrected chi connectivity index (χ4v) is 3.80. The highest BCUT2D eigenvalue weighted by molar-refractivity contribution is 5.84. The zero-order valence-corrected chi connectivity index (χ0v) is 17.7. The lowest BCUT2D eigenvalue weighted by atomic mass is 10.2. The van der Waals surface area contributed by atoms with Gasteiger partial charge in [0.05, 0.1) is 23.2 Å². The van der Waals surface area contributed by atoms with Gasteiger partial charge in [-0.15, -0.1) is 0 Å². The molecule has 0 spiro atoms. The number of pyridine rings is 1. The van der Waals surface area contributed by atoms with E-state index >= 15 is 0 Å². The van der Waals surface area contributed by atoms with Crippen LogP contribution >= 0.6 is 0 Å². The Hall–Kier alpha value is -3.62. The van der Waals surface area contributed by atoms with Crippen LogP contribution in [-0.2, 0) is 23.1 Å². The molecule has 3 heterocycles. The minimum absolute atomic E-state index is 0.0628. The number of fused-ring (bicyclic) bond motifs is 1. The molecule has 1 fully saturated rings. The van der Waals surface area contributed by atoms with Gasteiger partial charge in [-0.25, -0.2) is 9.78 Å². The van der Waals surface area contributed by atoms with Crippen LogP contribution < -0.4 is 5.56 Å². The van der Waals surface area contributed by atoms with E-state index in [2.05, 4.69) is 4.98 Å². The molecule has 2 amide bonds. The molecule has 0 saturated carbocycles. The summed E-state index contributed by atoms with van der Waals surface area (Å²) in [5.74, 6) is 0.390. The summed E-state index contributed by atoms with van der Waals surface area (Å²) in [7, 11) is 1.69. The molecule has 3 aromatic rings. The van der Waals surface area contributed by atoms with Crippen LogP contribution in [0.2, 0.25) is 0 Å². The fraction of sp³-hybridized carbons (Fsp3) is 0.364. The van der Waals surface area contributed by atoms with Gasteiger partial charge >= 0.3 is 6.09 Å². The molecule has 0 bridgehead atoms. The van der Waals surface area contributed by atoms with Crippen LogP contribution in [0, 0.1) is 0 Å². The third kappa shape index (κ3) is 4.03. The lowest BCUT2D eigenvalue weighted by Crippen LogP contribution is -2.51. The summed E-state index contributed by atoms with van der Waals surface area (Å²) in [5, 5.41) is 0. The Bertz CT molecular complexity index is 1170. The monoisotopic (exact) mass is 423 g/mol. The van der Waals surface area contributed by atoms with Gasteiger partial charge in [0.15, 0.2) is 0 Å². The molecule has 1 aliphatic heterocycles. The average Bonchev–Trinajstić information content (AvgIpc) is 3.14. The number of aromatic nitrogens is 3. The highest BCUT2D eigenvalue weighted by atomic mass is 16.6. The quantitative estimate of drug-likeness (QED) is 0.637. The van der Waals surface area contributed by atoms with Crippen molar-refractivity contribution < 1.29 is 14.3 Å². The zero-order valence-electron chi connectivity index (χ0n) is 17.7. The first-order valence-electron chi connectivity index (χ1n) is 10.3. The largest absolute Gasteiger partial charge is 0.450 e. The van der Waals surface area contributed by atoms with Gasteiger partial charge in [-0.2, -0.15) is 0 Å². The molecule has 0 atom stereocenters. The van der Waals surface area contributed by atoms with Gasteiger partial charge in [0.2, 0.25) is 5.91 Å². The van der Waals surface area contributed by atoms with E-state index in [1.54, 1.807) is 46.7 Å². The van der Waals surface area contributed by atoms with Gasteiger partial charge < -0.3 is 23.7 Å². The molecule has 162 valence electrons. The average molecular weight is 423 g/mol. The van der Waals surface area contributed by atoms with Crippen LogP contribution in [-0.4, -0.2) is 68.7 Å². The predicted octanol–water partition coefficient (Wildman–Crippen LogP) is 1.70. The molecular weight excluding hydrogens is 398 g/mol. The Morgan fingerprint density at radius 1 is 1.03 bits per heavy atom. The molecule has 1 saturated heterocycles. The number of para-hydroxylation sites is 2. The summed E-state index contributed by atoms with van der Waals surface area (Å²) in [6, 6.07) is 11.0. The summed E-state index contributed by atoms with van der Waals surface area (Å²) in [6.45, 7) is 3.90. The number of nitrogens with zero attached hydrogens (tertiary/aromatic N) is 5. The third-order valence-electron chi connectivity index (χ3n) is 5.47. The van der Waals surface area contributed by atoms with Crippen molar-refractivity contribution >= 4 is 23.0 Å². The first kappa shape index (κ1) is 20.6. The number of piperazine rings is 1. The summed E-state index contributed by atoms with van der Waals surface area (Å²) < 4.78 is 8.33. The maximum Gasteiger partial charge on any atom is 0.409 e. The molecule has 0 unspecified atom stereocenters. The number of carbonyl (C=O) groups is 2. The van der Waals surface area contributed by atoms with E-state index in [1.807, 2.05) is 24.3 Å². The van der Waals surface area contributed by atoms with E-state index in [-0.39, 0.29) is 24.1 Å². The number of ether oxygens (including phenoxy) is 1. The number of aryl methyl sites for hydroxylation is 1. The maximum atomic E-state index is 13.1. The van der Waals surface area contributed by atoms with E-state index in [0.29, 0.717) is 44.2 Å². The van der Waals surface area contributed by atoms with Gasteiger partial charge in [0.1, 0.15) is 12.4 Å². The lowest BCUT2D eigenvalue weighted by Gasteiger charge is -2.34. The zero-order chi connectivity index (χ0) is 22.0. The number of carbonyl (C=O) groups excluding carboxylic acids is 2. The molecule has 31 heavy (non-hydrogen) atoms. The molecule has 0 aliphatic carbocycles. The highest BCUT2D eigenvalue weighted by Crippen LogP contribution is 2.23. The van der Waals surface area contributed by atoms with Crippen LogP contribution in [0.15, 0.2) is 47.4 Å². The van der Waals surface area contributed by atoms with Crippen molar-refractivity contribution in [2.75, 3.05) is 32.8 Å². The maximum absolute atomic E-state index is 13.1. The van der Waals surface area contributed by atoms with Crippen LogP contribution in [0.3, 0.4) is 0 Å². The first-order valence-corrected chi connectivity index (χ1v) is 10.3. The molecule has 1 aliphatic rings. The molecule has 9 nitrogen and oxygen atoms in total. The Balaban J connectivity index is 1.60. The van der Waals surface area contributed by atoms with E-state index in [4.69, 9.17) is 4.74 Å². The van der Waals surface area contributed by atoms with Crippen molar-refractivity contribution in [3.63, 3.8) is 0 Å². The summed E-state index contributed by atoms with van der Waals surface area (Å²) in [5.41, 5.74) is 1.79. The molecule has 0 radical (unpaired) electrons. The van der Waals surface area contributed by atoms with Crippen LogP contribution in [0.5, 0.6) is 0 Å². The Kier molecular flexibility index (Phi) is 5.75. The minimum atomic E-state index is -0.350. The van der Waals surface area contributed by atoms with Crippen molar-refractivity contribution in [2.24, 2.45) is 7.05 Å². The molecule has 1 aromatic carbocycles. The van der Waals surface area contributed by atoms with E-state index in [9.17, 15) is 14.4 Å².